The van der Waals surface area contributed by atoms with Gasteiger partial charge in [0.25, 0.3) is 0 Å². The highest BCUT2D eigenvalue weighted by Gasteiger charge is 2.06. The van der Waals surface area contributed by atoms with Gasteiger partial charge in [0.2, 0.25) is 0 Å². The molecule has 0 rings (SSSR count). The lowest BCUT2D eigenvalue weighted by Gasteiger charge is -2.13. The van der Waals surface area contributed by atoms with Crippen LogP contribution in [-0.4, -0.2) is 17.1 Å². The van der Waals surface area contributed by atoms with E-state index >= 15 is 0 Å². The average molecular weight is 161 g/mol. The van der Waals surface area contributed by atoms with Gasteiger partial charge in [-0.15, -0.1) is 0 Å². The van der Waals surface area contributed by atoms with E-state index in [1.54, 1.807) is 0 Å². The van der Waals surface area contributed by atoms with Crippen LogP contribution in [0.5, 0.6) is 0 Å². The van der Waals surface area contributed by atoms with Gasteiger partial charge >= 0.3 is 0 Å². The number of hydrogen-bond acceptors (Lipinski definition) is 1. The maximum absolute atomic E-state index is 10.2. The SMILES string of the molecule is CCC(C)SC(C)CC[O]. The molecule has 0 spiro atoms. The fourth-order valence-electron chi connectivity index (χ4n) is 0.727. The third-order valence-electron chi connectivity index (χ3n) is 1.56. The minimum absolute atomic E-state index is 0.0740. The molecule has 2 atom stereocenters. The molecule has 2 heteroatoms. The van der Waals surface area contributed by atoms with E-state index < -0.39 is 0 Å². The highest BCUT2D eigenvalue weighted by atomic mass is 32.2. The first kappa shape index (κ1) is 10.3. The Labute approximate surface area is 68.2 Å². The van der Waals surface area contributed by atoms with Crippen LogP contribution in [0.2, 0.25) is 0 Å². The average Bonchev–Trinajstić information content (AvgIpc) is 1.88. The second-order valence-corrected chi connectivity index (χ2v) is 4.54. The summed E-state index contributed by atoms with van der Waals surface area (Å²) in [5.41, 5.74) is 0. The van der Waals surface area contributed by atoms with Crippen LogP contribution in [0, 0.1) is 0 Å². The van der Waals surface area contributed by atoms with Gasteiger partial charge in [-0.2, -0.15) is 11.8 Å². The number of hydrogen-bond donors (Lipinski definition) is 0. The van der Waals surface area contributed by atoms with Gasteiger partial charge in [-0.05, 0) is 12.8 Å². The van der Waals surface area contributed by atoms with Gasteiger partial charge in [0.05, 0.1) is 6.61 Å². The summed E-state index contributed by atoms with van der Waals surface area (Å²) >= 11 is 1.92. The lowest BCUT2D eigenvalue weighted by molar-refractivity contribution is 0.189. The summed E-state index contributed by atoms with van der Waals surface area (Å²) in [6.07, 6.45) is 2.02. The van der Waals surface area contributed by atoms with E-state index in [0.717, 1.165) is 6.42 Å². The molecule has 0 saturated heterocycles. The molecule has 61 valence electrons. The van der Waals surface area contributed by atoms with Gasteiger partial charge in [-0.25, -0.2) is 5.11 Å². The quantitative estimate of drug-likeness (QED) is 0.607. The van der Waals surface area contributed by atoms with E-state index in [2.05, 4.69) is 20.8 Å². The van der Waals surface area contributed by atoms with E-state index in [1.165, 1.54) is 6.42 Å². The van der Waals surface area contributed by atoms with Crippen molar-refractivity contribution in [3.05, 3.63) is 0 Å². The Morgan fingerprint density at radius 2 is 1.90 bits per heavy atom. The zero-order valence-corrected chi connectivity index (χ0v) is 7.91. The monoisotopic (exact) mass is 161 g/mol. The van der Waals surface area contributed by atoms with Crippen molar-refractivity contribution in [1.82, 2.24) is 0 Å². The van der Waals surface area contributed by atoms with Crippen molar-refractivity contribution in [2.45, 2.75) is 44.1 Å². The fraction of sp³-hybridized carbons (Fsp3) is 1.00. The number of thioether (sulfide) groups is 1. The van der Waals surface area contributed by atoms with Crippen LogP contribution >= 0.6 is 11.8 Å². The van der Waals surface area contributed by atoms with Crippen molar-refractivity contribution in [2.24, 2.45) is 0 Å². The van der Waals surface area contributed by atoms with Crippen LogP contribution < -0.4 is 0 Å². The third kappa shape index (κ3) is 5.12. The Hall–Kier alpha value is 0.310. The predicted molar refractivity (Wildman–Crippen MR) is 47.0 cm³/mol. The van der Waals surface area contributed by atoms with Crippen LogP contribution in [-0.2, 0) is 5.11 Å². The van der Waals surface area contributed by atoms with Crippen molar-refractivity contribution < 1.29 is 5.11 Å². The van der Waals surface area contributed by atoms with Crippen LogP contribution in [0.1, 0.15) is 33.6 Å². The molecule has 1 radical (unpaired) electrons. The lowest BCUT2D eigenvalue weighted by atomic mass is 10.3. The molecular formula is C8H17OS. The fourth-order valence-corrected chi connectivity index (χ4v) is 1.94. The van der Waals surface area contributed by atoms with Crippen LogP contribution in [0.15, 0.2) is 0 Å². The van der Waals surface area contributed by atoms with Gasteiger partial charge in [0.15, 0.2) is 0 Å². The first-order valence-corrected chi connectivity index (χ1v) is 4.88. The Morgan fingerprint density at radius 1 is 1.30 bits per heavy atom. The Kier molecular flexibility index (Phi) is 6.24. The minimum atomic E-state index is 0.0740. The second-order valence-electron chi connectivity index (χ2n) is 2.66. The first-order valence-electron chi connectivity index (χ1n) is 3.94. The van der Waals surface area contributed by atoms with Crippen molar-refractivity contribution in [1.29, 1.82) is 0 Å². The predicted octanol–water partition coefficient (Wildman–Crippen LogP) is 2.73. The highest BCUT2D eigenvalue weighted by Crippen LogP contribution is 2.21. The lowest BCUT2D eigenvalue weighted by Crippen LogP contribution is -2.04. The molecule has 0 aliphatic heterocycles. The van der Waals surface area contributed by atoms with Crippen molar-refractivity contribution in [2.75, 3.05) is 6.61 Å². The van der Waals surface area contributed by atoms with E-state index in [4.69, 9.17) is 0 Å². The molecule has 0 N–H and O–H groups in total. The molecule has 0 bridgehead atoms. The first-order chi connectivity index (χ1) is 4.70. The molecule has 0 heterocycles. The molecular weight excluding hydrogens is 144 g/mol. The van der Waals surface area contributed by atoms with Crippen molar-refractivity contribution in [3.63, 3.8) is 0 Å². The summed E-state index contributed by atoms with van der Waals surface area (Å²) in [6, 6.07) is 0. The zero-order valence-electron chi connectivity index (χ0n) is 7.09. The topological polar surface area (TPSA) is 19.9 Å². The molecule has 0 amide bonds. The Bertz CT molecular complexity index is 75.7. The van der Waals surface area contributed by atoms with Crippen LogP contribution in [0.4, 0.5) is 0 Å². The van der Waals surface area contributed by atoms with E-state index in [9.17, 15) is 5.11 Å². The molecule has 0 fully saturated rings. The molecule has 0 aromatic carbocycles. The molecule has 2 unspecified atom stereocenters. The van der Waals surface area contributed by atoms with Gasteiger partial charge in [-0.1, -0.05) is 20.8 Å². The Balaban J connectivity index is 3.27. The second kappa shape index (κ2) is 6.05. The number of rotatable bonds is 5. The summed E-state index contributed by atoms with van der Waals surface area (Å²) < 4.78 is 0. The molecule has 0 aromatic heterocycles. The standard InChI is InChI=1S/C8H17OS/c1-4-7(2)10-8(3)5-6-9/h7-8H,4-6H2,1-3H3. The van der Waals surface area contributed by atoms with E-state index in [1.807, 2.05) is 11.8 Å². The molecule has 0 aromatic rings. The normalized spacial score (nSPS) is 16.8. The molecule has 0 saturated carbocycles. The molecule has 10 heavy (non-hydrogen) atoms. The summed E-state index contributed by atoms with van der Waals surface area (Å²) in [4.78, 5) is 0. The molecule has 0 aliphatic carbocycles. The van der Waals surface area contributed by atoms with Crippen molar-refractivity contribution >= 4 is 11.8 Å². The van der Waals surface area contributed by atoms with E-state index in [-0.39, 0.29) is 6.61 Å². The maximum Gasteiger partial charge on any atom is 0.0832 e. The largest absolute Gasteiger partial charge is 0.237 e. The summed E-state index contributed by atoms with van der Waals surface area (Å²) in [5.74, 6) is 0. The summed E-state index contributed by atoms with van der Waals surface area (Å²) in [6.45, 7) is 6.60. The van der Waals surface area contributed by atoms with E-state index in [0.29, 0.717) is 10.5 Å². The molecule has 0 aliphatic rings. The summed E-state index contributed by atoms with van der Waals surface area (Å²) in [5, 5.41) is 11.5. The van der Waals surface area contributed by atoms with Crippen LogP contribution in [0.3, 0.4) is 0 Å². The Morgan fingerprint density at radius 3 is 2.30 bits per heavy atom. The summed E-state index contributed by atoms with van der Waals surface area (Å²) in [7, 11) is 0. The third-order valence-corrected chi connectivity index (χ3v) is 3.06. The van der Waals surface area contributed by atoms with Crippen molar-refractivity contribution in [3.8, 4) is 0 Å². The van der Waals surface area contributed by atoms with Gasteiger partial charge in [0, 0.05) is 10.5 Å². The minimum Gasteiger partial charge on any atom is -0.237 e. The molecule has 1 nitrogen and oxygen atoms in total. The highest BCUT2D eigenvalue weighted by molar-refractivity contribution is 8.00. The maximum atomic E-state index is 10.2. The van der Waals surface area contributed by atoms with Gasteiger partial charge in [-0.3, -0.25) is 0 Å². The smallest absolute Gasteiger partial charge is 0.0832 e. The van der Waals surface area contributed by atoms with Crippen LogP contribution in [0.25, 0.3) is 0 Å². The van der Waals surface area contributed by atoms with Gasteiger partial charge in [0.1, 0.15) is 0 Å². The van der Waals surface area contributed by atoms with Gasteiger partial charge < -0.3 is 0 Å². The zero-order chi connectivity index (χ0) is 7.98.